The zero-order valence-electron chi connectivity index (χ0n) is 10.7. The molecule has 1 atom stereocenters. The highest BCUT2D eigenvalue weighted by atomic mass is 16.7. The van der Waals surface area contributed by atoms with E-state index in [1.165, 1.54) is 0 Å². The second-order valence-corrected chi connectivity index (χ2v) is 3.84. The van der Waals surface area contributed by atoms with Crippen molar-refractivity contribution in [3.63, 3.8) is 0 Å². The van der Waals surface area contributed by atoms with Gasteiger partial charge in [0.1, 0.15) is 0 Å². The van der Waals surface area contributed by atoms with Crippen LogP contribution in [0.4, 0.5) is 0 Å². The minimum Gasteiger partial charge on any atom is -0.389 e. The first kappa shape index (κ1) is 15.1. The molecule has 0 aliphatic heterocycles. The molecule has 1 unspecified atom stereocenters. The highest BCUT2D eigenvalue weighted by molar-refractivity contribution is 5.13. The summed E-state index contributed by atoms with van der Waals surface area (Å²) in [4.78, 5) is 5.02. The van der Waals surface area contributed by atoms with E-state index in [4.69, 9.17) is 14.3 Å². The van der Waals surface area contributed by atoms with E-state index in [9.17, 15) is 5.11 Å². The summed E-state index contributed by atoms with van der Waals surface area (Å²) >= 11 is 0. The van der Waals surface area contributed by atoms with Gasteiger partial charge in [0.05, 0.1) is 32.5 Å². The van der Waals surface area contributed by atoms with E-state index in [1.807, 2.05) is 30.3 Å². The number of nitrogens with one attached hydrogen (secondary N) is 1. The fourth-order valence-corrected chi connectivity index (χ4v) is 1.30. The first-order chi connectivity index (χ1) is 8.83. The predicted molar refractivity (Wildman–Crippen MR) is 67.9 cm³/mol. The van der Waals surface area contributed by atoms with E-state index in [0.29, 0.717) is 26.4 Å². The number of aliphatic hydroxyl groups is 1. The van der Waals surface area contributed by atoms with E-state index in [1.54, 1.807) is 7.11 Å². The molecule has 18 heavy (non-hydrogen) atoms. The third-order valence-corrected chi connectivity index (χ3v) is 2.23. The summed E-state index contributed by atoms with van der Waals surface area (Å²) in [6.07, 6.45) is -0.587. The average Bonchev–Trinajstić information content (AvgIpc) is 2.40. The summed E-state index contributed by atoms with van der Waals surface area (Å²) in [7, 11) is 1.61. The number of hydrogen-bond donors (Lipinski definition) is 2. The molecule has 0 bridgehead atoms. The number of hydrogen-bond acceptors (Lipinski definition) is 5. The van der Waals surface area contributed by atoms with Crippen LogP contribution >= 0.6 is 0 Å². The molecule has 1 rings (SSSR count). The molecule has 1 aromatic carbocycles. The molecule has 0 spiro atoms. The third-order valence-electron chi connectivity index (χ3n) is 2.23. The molecular formula is C13H21NO4. The van der Waals surface area contributed by atoms with Crippen molar-refractivity contribution in [2.75, 3.05) is 33.5 Å². The zero-order valence-corrected chi connectivity index (χ0v) is 10.7. The van der Waals surface area contributed by atoms with Gasteiger partial charge in [-0.1, -0.05) is 30.3 Å². The number of rotatable bonds is 10. The van der Waals surface area contributed by atoms with Gasteiger partial charge in [0.25, 0.3) is 0 Å². The molecule has 0 fully saturated rings. The van der Waals surface area contributed by atoms with Crippen molar-refractivity contribution < 1.29 is 19.4 Å². The van der Waals surface area contributed by atoms with Gasteiger partial charge >= 0.3 is 0 Å². The fraction of sp³-hybridized carbons (Fsp3) is 0.538. The molecule has 0 saturated heterocycles. The lowest BCUT2D eigenvalue weighted by molar-refractivity contribution is -0.0311. The minimum atomic E-state index is -0.587. The van der Waals surface area contributed by atoms with E-state index < -0.39 is 6.10 Å². The van der Waals surface area contributed by atoms with E-state index >= 15 is 0 Å². The average molecular weight is 255 g/mol. The zero-order chi connectivity index (χ0) is 13.1. The second-order valence-electron chi connectivity index (χ2n) is 3.84. The summed E-state index contributed by atoms with van der Waals surface area (Å²) in [5, 5.41) is 9.58. The summed E-state index contributed by atoms with van der Waals surface area (Å²) in [6, 6.07) is 9.84. The van der Waals surface area contributed by atoms with Crippen molar-refractivity contribution in [2.24, 2.45) is 0 Å². The van der Waals surface area contributed by atoms with Crippen molar-refractivity contribution in [1.29, 1.82) is 0 Å². The lowest BCUT2D eigenvalue weighted by Gasteiger charge is -2.12. The molecule has 0 aliphatic rings. The molecule has 2 N–H and O–H groups in total. The van der Waals surface area contributed by atoms with E-state index in [0.717, 1.165) is 5.56 Å². The summed E-state index contributed by atoms with van der Waals surface area (Å²) in [5.74, 6) is 0. The number of benzene rings is 1. The Morgan fingerprint density at radius 1 is 1.22 bits per heavy atom. The summed E-state index contributed by atoms with van der Waals surface area (Å²) in [6.45, 7) is 2.08. The Hall–Kier alpha value is -0.980. The molecule has 5 heteroatoms. The van der Waals surface area contributed by atoms with Crippen LogP contribution in [-0.4, -0.2) is 44.7 Å². The Morgan fingerprint density at radius 2 is 2.00 bits per heavy atom. The van der Waals surface area contributed by atoms with Crippen LogP contribution in [0.2, 0.25) is 0 Å². The van der Waals surface area contributed by atoms with Crippen LogP contribution in [0.25, 0.3) is 0 Å². The summed E-state index contributed by atoms with van der Waals surface area (Å²) < 4.78 is 10.2. The maximum Gasteiger partial charge on any atom is 0.0921 e. The van der Waals surface area contributed by atoms with E-state index in [2.05, 4.69) is 5.48 Å². The van der Waals surface area contributed by atoms with Crippen molar-refractivity contribution in [3.05, 3.63) is 35.9 Å². The molecular weight excluding hydrogens is 234 g/mol. The summed E-state index contributed by atoms with van der Waals surface area (Å²) in [5.41, 5.74) is 3.75. The number of aliphatic hydroxyl groups excluding tert-OH is 1. The highest BCUT2D eigenvalue weighted by Crippen LogP contribution is 2.00. The SMILES string of the molecule is COCCONCC(O)COCc1ccccc1. The van der Waals surface area contributed by atoms with Crippen LogP contribution in [-0.2, 0) is 20.9 Å². The second kappa shape index (κ2) is 9.99. The Balaban J connectivity index is 1.98. The molecule has 5 nitrogen and oxygen atoms in total. The Labute approximate surface area is 108 Å². The van der Waals surface area contributed by atoms with Crippen molar-refractivity contribution in [3.8, 4) is 0 Å². The van der Waals surface area contributed by atoms with Crippen molar-refractivity contribution >= 4 is 0 Å². The standard InChI is InChI=1S/C13H21NO4/c1-16-7-8-18-14-9-13(15)11-17-10-12-5-3-2-4-6-12/h2-6,13-15H,7-11H2,1H3. The van der Waals surface area contributed by atoms with Crippen LogP contribution in [0.3, 0.4) is 0 Å². The van der Waals surface area contributed by atoms with Gasteiger partial charge in [0, 0.05) is 13.7 Å². The molecule has 0 aliphatic carbocycles. The molecule has 0 aromatic heterocycles. The minimum absolute atomic E-state index is 0.273. The molecule has 102 valence electrons. The van der Waals surface area contributed by atoms with Crippen LogP contribution < -0.4 is 5.48 Å². The molecule has 0 saturated carbocycles. The molecule has 1 aromatic rings. The largest absolute Gasteiger partial charge is 0.389 e. The molecule has 0 heterocycles. The monoisotopic (exact) mass is 255 g/mol. The fourth-order valence-electron chi connectivity index (χ4n) is 1.30. The third kappa shape index (κ3) is 7.37. The first-order valence-electron chi connectivity index (χ1n) is 5.96. The van der Waals surface area contributed by atoms with Gasteiger partial charge in [-0.25, -0.2) is 0 Å². The Morgan fingerprint density at radius 3 is 2.72 bits per heavy atom. The normalized spacial score (nSPS) is 12.6. The van der Waals surface area contributed by atoms with Gasteiger partial charge in [-0.2, -0.15) is 5.48 Å². The predicted octanol–water partition coefficient (Wildman–Crippen LogP) is 0.732. The van der Waals surface area contributed by atoms with Crippen LogP contribution in [0, 0.1) is 0 Å². The Kier molecular flexibility index (Phi) is 8.37. The topological polar surface area (TPSA) is 60.0 Å². The van der Waals surface area contributed by atoms with Gasteiger partial charge < -0.3 is 14.6 Å². The lowest BCUT2D eigenvalue weighted by atomic mass is 10.2. The van der Waals surface area contributed by atoms with Crippen LogP contribution in [0.5, 0.6) is 0 Å². The molecule has 0 amide bonds. The quantitative estimate of drug-likeness (QED) is 0.477. The van der Waals surface area contributed by atoms with Crippen molar-refractivity contribution in [1.82, 2.24) is 5.48 Å². The Bertz CT molecular complexity index is 294. The van der Waals surface area contributed by atoms with Crippen LogP contribution in [0.1, 0.15) is 5.56 Å². The van der Waals surface area contributed by atoms with Crippen molar-refractivity contribution in [2.45, 2.75) is 12.7 Å². The smallest absolute Gasteiger partial charge is 0.0921 e. The number of ether oxygens (including phenoxy) is 2. The van der Waals surface area contributed by atoms with E-state index in [-0.39, 0.29) is 6.61 Å². The maximum absolute atomic E-state index is 9.58. The highest BCUT2D eigenvalue weighted by Gasteiger charge is 2.03. The van der Waals surface area contributed by atoms with Gasteiger partial charge in [-0.15, -0.1) is 0 Å². The van der Waals surface area contributed by atoms with Gasteiger partial charge in [0.15, 0.2) is 0 Å². The lowest BCUT2D eigenvalue weighted by Crippen LogP contribution is -2.31. The van der Waals surface area contributed by atoms with Gasteiger partial charge in [-0.3, -0.25) is 4.84 Å². The number of hydroxylamine groups is 1. The maximum atomic E-state index is 9.58. The first-order valence-corrected chi connectivity index (χ1v) is 5.96. The van der Waals surface area contributed by atoms with Crippen LogP contribution in [0.15, 0.2) is 30.3 Å². The van der Waals surface area contributed by atoms with Gasteiger partial charge in [0.2, 0.25) is 0 Å². The van der Waals surface area contributed by atoms with Gasteiger partial charge in [-0.05, 0) is 5.56 Å². The number of methoxy groups -OCH3 is 1. The molecule has 0 radical (unpaired) electrons.